The average molecular weight is 231 g/mol. The maximum Gasteiger partial charge on any atom is 0.265 e. The minimum absolute atomic E-state index is 0.229. The molecule has 0 atom stereocenters. The zero-order valence-electron chi connectivity index (χ0n) is 7.70. The van der Waals surface area contributed by atoms with Gasteiger partial charge in [0.2, 0.25) is 5.91 Å². The monoisotopic (exact) mass is 231 g/mol. The summed E-state index contributed by atoms with van der Waals surface area (Å²) >= 11 is 1.29. The van der Waals surface area contributed by atoms with Crippen LogP contribution in [0.5, 0.6) is 0 Å². The van der Waals surface area contributed by atoms with Gasteiger partial charge in [0.1, 0.15) is 4.90 Å². The first-order chi connectivity index (χ1) is 6.36. The van der Waals surface area contributed by atoms with Crippen LogP contribution in [0.3, 0.4) is 0 Å². The van der Waals surface area contributed by atoms with E-state index >= 15 is 0 Å². The number of fused-ring (bicyclic) bond motifs is 1. The molecule has 2 rings (SSSR count). The molecule has 1 aliphatic heterocycles. The zero-order chi connectivity index (χ0) is 10.6. The lowest BCUT2D eigenvalue weighted by Gasteiger charge is -2.28. The SMILES string of the molecule is CC1(C)C(=O)NS(=O)(=O)c2cscc21. The van der Waals surface area contributed by atoms with Crippen molar-refractivity contribution in [1.29, 1.82) is 0 Å². The number of amides is 1. The number of carbonyl (C=O) groups is 1. The van der Waals surface area contributed by atoms with Gasteiger partial charge in [-0.25, -0.2) is 13.1 Å². The molecule has 14 heavy (non-hydrogen) atoms. The lowest BCUT2D eigenvalue weighted by molar-refractivity contribution is -0.124. The summed E-state index contributed by atoms with van der Waals surface area (Å²) in [7, 11) is -3.61. The molecular formula is C8H9NO3S2. The molecule has 0 aromatic carbocycles. The van der Waals surface area contributed by atoms with E-state index < -0.39 is 21.3 Å². The summed E-state index contributed by atoms with van der Waals surface area (Å²) in [5, 5.41) is 3.26. The molecule has 1 amide bonds. The van der Waals surface area contributed by atoms with Crippen molar-refractivity contribution in [3.63, 3.8) is 0 Å². The largest absolute Gasteiger partial charge is 0.273 e. The summed E-state index contributed by atoms with van der Waals surface area (Å²) in [6.45, 7) is 3.42. The van der Waals surface area contributed by atoms with Crippen molar-refractivity contribution in [2.24, 2.45) is 0 Å². The van der Waals surface area contributed by atoms with E-state index in [9.17, 15) is 13.2 Å². The molecule has 1 N–H and O–H groups in total. The summed E-state index contributed by atoms with van der Waals surface area (Å²) in [6.07, 6.45) is 0. The van der Waals surface area contributed by atoms with Crippen molar-refractivity contribution >= 4 is 27.3 Å². The average Bonchev–Trinajstić information content (AvgIpc) is 2.49. The zero-order valence-corrected chi connectivity index (χ0v) is 9.33. The van der Waals surface area contributed by atoms with Crippen LogP contribution in [0.4, 0.5) is 0 Å². The molecule has 76 valence electrons. The summed E-state index contributed by atoms with van der Waals surface area (Å²) < 4.78 is 25.0. The predicted octanol–water partition coefficient (Wildman–Crippen LogP) is 0.844. The quantitative estimate of drug-likeness (QED) is 0.719. The standard InChI is InChI=1S/C8H9NO3S2/c1-8(2)5-3-13-4-6(5)14(11,12)9-7(8)10/h3-4H,1-2H3,(H,9,10). The Kier molecular flexibility index (Phi) is 1.78. The first-order valence-electron chi connectivity index (χ1n) is 3.99. The van der Waals surface area contributed by atoms with Gasteiger partial charge in [-0.1, -0.05) is 0 Å². The van der Waals surface area contributed by atoms with Gasteiger partial charge in [0, 0.05) is 5.38 Å². The molecule has 1 aromatic rings. The van der Waals surface area contributed by atoms with Gasteiger partial charge in [0.15, 0.2) is 0 Å². The molecule has 0 saturated heterocycles. The van der Waals surface area contributed by atoms with Gasteiger partial charge in [-0.05, 0) is 24.8 Å². The second-order valence-corrected chi connectivity index (χ2v) is 6.10. The second kappa shape index (κ2) is 2.58. The molecular weight excluding hydrogens is 222 g/mol. The molecule has 4 nitrogen and oxygen atoms in total. The minimum Gasteiger partial charge on any atom is -0.273 e. The first-order valence-corrected chi connectivity index (χ1v) is 6.42. The minimum atomic E-state index is -3.61. The molecule has 0 saturated carbocycles. The third-order valence-electron chi connectivity index (χ3n) is 2.38. The summed E-state index contributed by atoms with van der Waals surface area (Å²) in [4.78, 5) is 11.7. The third kappa shape index (κ3) is 1.10. The van der Waals surface area contributed by atoms with Crippen LogP contribution in [0.1, 0.15) is 19.4 Å². The number of carbonyl (C=O) groups excluding carboxylic acids is 1. The van der Waals surface area contributed by atoms with E-state index in [1.54, 1.807) is 24.6 Å². The fourth-order valence-electron chi connectivity index (χ4n) is 1.38. The maximum absolute atomic E-state index is 11.5. The Bertz CT molecular complexity index is 498. The van der Waals surface area contributed by atoms with Crippen molar-refractivity contribution in [1.82, 2.24) is 4.72 Å². The number of thiophene rings is 1. The smallest absolute Gasteiger partial charge is 0.265 e. The van der Waals surface area contributed by atoms with Crippen molar-refractivity contribution in [2.75, 3.05) is 0 Å². The van der Waals surface area contributed by atoms with Crippen LogP contribution in [-0.2, 0) is 20.2 Å². The summed E-state index contributed by atoms with van der Waals surface area (Å²) in [5.74, 6) is -0.469. The molecule has 0 unspecified atom stereocenters. The second-order valence-electron chi connectivity index (χ2n) is 3.71. The highest BCUT2D eigenvalue weighted by Gasteiger charge is 2.42. The van der Waals surface area contributed by atoms with Crippen LogP contribution in [-0.4, -0.2) is 14.3 Å². The van der Waals surface area contributed by atoms with E-state index in [1.807, 2.05) is 4.72 Å². The molecule has 0 fully saturated rings. The Morgan fingerprint density at radius 2 is 2.00 bits per heavy atom. The van der Waals surface area contributed by atoms with E-state index in [0.717, 1.165) is 0 Å². The molecule has 0 bridgehead atoms. The van der Waals surface area contributed by atoms with Gasteiger partial charge in [-0.15, -0.1) is 0 Å². The van der Waals surface area contributed by atoms with Gasteiger partial charge < -0.3 is 0 Å². The molecule has 0 aliphatic carbocycles. The number of nitrogens with one attached hydrogen (secondary N) is 1. The van der Waals surface area contributed by atoms with Crippen LogP contribution in [0.25, 0.3) is 0 Å². The normalized spacial score (nSPS) is 22.6. The van der Waals surface area contributed by atoms with Gasteiger partial charge in [0.25, 0.3) is 10.0 Å². The summed E-state index contributed by atoms with van der Waals surface area (Å²) in [5.41, 5.74) is -0.174. The molecule has 0 spiro atoms. The lowest BCUT2D eigenvalue weighted by atomic mass is 9.86. The predicted molar refractivity (Wildman–Crippen MR) is 52.7 cm³/mol. The Hall–Kier alpha value is -0.880. The van der Waals surface area contributed by atoms with Crippen molar-refractivity contribution in [3.8, 4) is 0 Å². The number of hydrogen-bond donors (Lipinski definition) is 1. The van der Waals surface area contributed by atoms with Gasteiger partial charge in [0.05, 0.1) is 5.41 Å². The Labute approximate surface area is 86.0 Å². The highest BCUT2D eigenvalue weighted by atomic mass is 32.2. The number of rotatable bonds is 0. The topological polar surface area (TPSA) is 63.2 Å². The number of sulfonamides is 1. The van der Waals surface area contributed by atoms with Crippen LogP contribution < -0.4 is 4.72 Å². The third-order valence-corrected chi connectivity index (χ3v) is 4.65. The van der Waals surface area contributed by atoms with E-state index in [2.05, 4.69) is 0 Å². The van der Waals surface area contributed by atoms with Gasteiger partial charge >= 0.3 is 0 Å². The van der Waals surface area contributed by atoms with Crippen molar-refractivity contribution in [2.45, 2.75) is 24.2 Å². The Balaban J connectivity index is 2.78. The molecule has 0 radical (unpaired) electrons. The molecule has 2 heterocycles. The Morgan fingerprint density at radius 1 is 1.36 bits per heavy atom. The fraction of sp³-hybridized carbons (Fsp3) is 0.375. The van der Waals surface area contributed by atoms with Gasteiger partial charge in [-0.2, -0.15) is 11.3 Å². The molecule has 1 aliphatic rings. The van der Waals surface area contributed by atoms with E-state index in [1.165, 1.54) is 11.3 Å². The maximum atomic E-state index is 11.5. The van der Waals surface area contributed by atoms with Crippen LogP contribution in [0, 0.1) is 0 Å². The first kappa shape index (κ1) is 9.67. The Morgan fingerprint density at radius 3 is 2.64 bits per heavy atom. The summed E-state index contributed by atoms with van der Waals surface area (Å²) in [6, 6.07) is 0. The fourth-order valence-corrected chi connectivity index (χ4v) is 4.21. The molecule has 6 heteroatoms. The molecule has 1 aromatic heterocycles. The highest BCUT2D eigenvalue weighted by molar-refractivity contribution is 7.90. The van der Waals surface area contributed by atoms with Crippen LogP contribution in [0.15, 0.2) is 15.7 Å². The van der Waals surface area contributed by atoms with E-state index in [0.29, 0.717) is 5.56 Å². The lowest BCUT2D eigenvalue weighted by Crippen LogP contribution is -2.47. The van der Waals surface area contributed by atoms with Gasteiger partial charge in [-0.3, -0.25) is 4.79 Å². The van der Waals surface area contributed by atoms with Crippen molar-refractivity contribution in [3.05, 3.63) is 16.3 Å². The van der Waals surface area contributed by atoms with Crippen LogP contribution >= 0.6 is 11.3 Å². The highest BCUT2D eigenvalue weighted by Crippen LogP contribution is 2.36. The van der Waals surface area contributed by atoms with Crippen molar-refractivity contribution < 1.29 is 13.2 Å². The van der Waals surface area contributed by atoms with E-state index in [-0.39, 0.29) is 4.90 Å². The van der Waals surface area contributed by atoms with Crippen LogP contribution in [0.2, 0.25) is 0 Å². The number of hydrogen-bond acceptors (Lipinski definition) is 4. The van der Waals surface area contributed by atoms with E-state index in [4.69, 9.17) is 0 Å².